The zero-order chi connectivity index (χ0) is 26.5. The topological polar surface area (TPSA) is 138 Å². The van der Waals surface area contributed by atoms with Crippen molar-refractivity contribution in [1.82, 2.24) is 0 Å². The number of aliphatic hydroxyl groups excluding tert-OH is 1. The third-order valence-corrected chi connectivity index (χ3v) is 11.0. The first-order valence-electron chi connectivity index (χ1n) is 13.0. The predicted molar refractivity (Wildman–Crippen MR) is 131 cm³/mol. The highest BCUT2D eigenvalue weighted by Gasteiger charge is 2.74. The van der Waals surface area contributed by atoms with E-state index in [4.69, 9.17) is 0 Å². The Bertz CT molecular complexity index is 959. The summed E-state index contributed by atoms with van der Waals surface area (Å²) < 4.78 is 0. The first-order valence-corrected chi connectivity index (χ1v) is 13.0. The van der Waals surface area contributed by atoms with Gasteiger partial charge in [0.15, 0.2) is 5.78 Å². The maximum atomic E-state index is 13.3. The third kappa shape index (κ3) is 3.49. The number of rotatable bonds is 4. The van der Waals surface area contributed by atoms with Crippen LogP contribution in [-0.4, -0.2) is 70.5 Å². The van der Waals surface area contributed by atoms with Crippen LogP contribution >= 0.6 is 0 Å². The summed E-state index contributed by atoms with van der Waals surface area (Å²) in [6, 6.07) is 0. The largest absolute Gasteiger partial charge is 0.393 e. The zero-order valence-electron chi connectivity index (χ0n) is 22.0. The molecule has 0 spiro atoms. The normalized spacial score (nSPS) is 47.4. The van der Waals surface area contributed by atoms with Gasteiger partial charge in [0.05, 0.1) is 17.3 Å². The smallest absolute Gasteiger partial charge is 0.159 e. The van der Waals surface area contributed by atoms with E-state index in [0.29, 0.717) is 37.7 Å². The minimum atomic E-state index is -1.82. The molecule has 4 rings (SSSR count). The van der Waals surface area contributed by atoms with Crippen molar-refractivity contribution >= 4 is 5.78 Å². The second-order valence-corrected chi connectivity index (χ2v) is 13.3. The highest BCUT2D eigenvalue weighted by molar-refractivity contribution is 5.95. The summed E-state index contributed by atoms with van der Waals surface area (Å²) >= 11 is 0. The van der Waals surface area contributed by atoms with Crippen molar-refractivity contribution in [2.75, 3.05) is 0 Å². The zero-order valence-corrected chi connectivity index (χ0v) is 22.0. The summed E-state index contributed by atoms with van der Waals surface area (Å²) in [5.41, 5.74) is -9.01. The van der Waals surface area contributed by atoms with Gasteiger partial charge in [-0.3, -0.25) is 4.79 Å². The fourth-order valence-corrected chi connectivity index (χ4v) is 7.81. The molecule has 7 heteroatoms. The summed E-state index contributed by atoms with van der Waals surface area (Å²) in [6.07, 6.45) is 6.91. The van der Waals surface area contributed by atoms with E-state index in [1.54, 1.807) is 13.0 Å². The Kier molecular flexibility index (Phi) is 5.94. The fourth-order valence-electron chi connectivity index (χ4n) is 7.81. The quantitative estimate of drug-likeness (QED) is 0.331. The minimum absolute atomic E-state index is 0.0328. The molecule has 3 fully saturated rings. The average Bonchev–Trinajstić information content (AvgIpc) is 2.96. The van der Waals surface area contributed by atoms with Gasteiger partial charge in [-0.15, -0.1) is 0 Å². The molecule has 7 nitrogen and oxygen atoms in total. The number of aliphatic hydroxyl groups is 6. The molecule has 4 aliphatic carbocycles. The Morgan fingerprint density at radius 2 is 1.54 bits per heavy atom. The maximum Gasteiger partial charge on any atom is 0.159 e. The van der Waals surface area contributed by atoms with Crippen LogP contribution in [0.2, 0.25) is 0 Å². The number of allylic oxidation sites excluding steroid dienone is 1. The lowest BCUT2D eigenvalue weighted by molar-refractivity contribution is -0.217. The van der Waals surface area contributed by atoms with Crippen LogP contribution in [0.1, 0.15) is 86.5 Å². The molecule has 0 aromatic rings. The van der Waals surface area contributed by atoms with Crippen LogP contribution in [0.15, 0.2) is 23.8 Å². The third-order valence-electron chi connectivity index (χ3n) is 11.0. The number of ketones is 1. The molecule has 0 heterocycles. The van der Waals surface area contributed by atoms with Crippen LogP contribution in [-0.2, 0) is 4.79 Å². The Hall–Kier alpha value is -1.09. The Morgan fingerprint density at radius 3 is 2.14 bits per heavy atom. The van der Waals surface area contributed by atoms with E-state index in [-0.39, 0.29) is 35.9 Å². The van der Waals surface area contributed by atoms with Gasteiger partial charge in [-0.05, 0) is 95.6 Å². The van der Waals surface area contributed by atoms with E-state index >= 15 is 0 Å². The van der Waals surface area contributed by atoms with Crippen molar-refractivity contribution in [3.63, 3.8) is 0 Å². The van der Waals surface area contributed by atoms with E-state index < -0.39 is 39.5 Å². The molecular weight excluding hydrogens is 448 g/mol. The Morgan fingerprint density at radius 1 is 0.914 bits per heavy atom. The van der Waals surface area contributed by atoms with Gasteiger partial charge in [-0.1, -0.05) is 26.0 Å². The molecule has 0 amide bonds. The SMILES string of the molecule is CC(C)(O)[C@](C)(O)C=C[C@](C)(O)[C@@]1(O)CC[C@@]2(O)C3=CC(=O)[C@H]4C[C@@H](O)CC[C@]4(C)[C@H]3CC[C@]12C. The van der Waals surface area contributed by atoms with Crippen molar-refractivity contribution < 1.29 is 35.4 Å². The first-order chi connectivity index (χ1) is 15.8. The van der Waals surface area contributed by atoms with Crippen molar-refractivity contribution in [3.05, 3.63) is 23.8 Å². The molecule has 0 saturated heterocycles. The molecule has 0 unspecified atom stereocenters. The van der Waals surface area contributed by atoms with Gasteiger partial charge in [-0.25, -0.2) is 0 Å². The van der Waals surface area contributed by atoms with Gasteiger partial charge in [0.1, 0.15) is 16.8 Å². The van der Waals surface area contributed by atoms with E-state index in [0.717, 1.165) is 0 Å². The molecule has 0 bridgehead atoms. The van der Waals surface area contributed by atoms with Crippen molar-refractivity contribution in [1.29, 1.82) is 0 Å². The molecule has 198 valence electrons. The van der Waals surface area contributed by atoms with E-state index in [2.05, 4.69) is 6.92 Å². The van der Waals surface area contributed by atoms with Gasteiger partial charge in [0.25, 0.3) is 0 Å². The van der Waals surface area contributed by atoms with E-state index in [1.165, 1.54) is 39.8 Å². The van der Waals surface area contributed by atoms with Crippen molar-refractivity contribution in [3.8, 4) is 0 Å². The minimum Gasteiger partial charge on any atom is -0.393 e. The molecule has 9 atom stereocenters. The lowest BCUT2D eigenvalue weighted by Crippen LogP contribution is -2.67. The lowest BCUT2D eigenvalue weighted by Gasteiger charge is -2.61. The van der Waals surface area contributed by atoms with Gasteiger partial charge >= 0.3 is 0 Å². The van der Waals surface area contributed by atoms with E-state index in [9.17, 15) is 35.4 Å². The standard InChI is InChI=1S/C28H44O7/c1-22(2,31)25(5,32)11-12-26(6,33)28(35)14-13-27(34)19-16-21(30)20-15-17(29)7-9-23(20,3)18(19)8-10-24(27,28)4/h11-12,16-18,20,29,31-35H,7-10,13-15H2,1-6H3/t17-,18-,20+,23+,24-,25+,26-,27+,28+/m0/s1. The number of carbonyl (C=O) groups is 1. The summed E-state index contributed by atoms with van der Waals surface area (Å²) in [4.78, 5) is 13.3. The highest BCUT2D eigenvalue weighted by atomic mass is 16.4. The highest BCUT2D eigenvalue weighted by Crippen LogP contribution is 2.69. The van der Waals surface area contributed by atoms with Crippen LogP contribution in [0.3, 0.4) is 0 Å². The van der Waals surface area contributed by atoms with Crippen LogP contribution in [0.4, 0.5) is 0 Å². The predicted octanol–water partition coefficient (Wildman–Crippen LogP) is 2.16. The molecule has 35 heavy (non-hydrogen) atoms. The molecule has 0 aromatic heterocycles. The number of carbonyl (C=O) groups excluding carboxylic acids is 1. The van der Waals surface area contributed by atoms with Crippen LogP contribution < -0.4 is 0 Å². The number of hydrogen-bond donors (Lipinski definition) is 6. The molecule has 0 radical (unpaired) electrons. The van der Waals surface area contributed by atoms with Crippen molar-refractivity contribution in [2.24, 2.45) is 22.7 Å². The van der Waals surface area contributed by atoms with Gasteiger partial charge in [0, 0.05) is 11.3 Å². The molecule has 3 saturated carbocycles. The fraction of sp³-hybridized carbons (Fsp3) is 0.821. The summed E-state index contributed by atoms with van der Waals surface area (Å²) in [6.45, 7) is 9.71. The molecule has 6 N–H and O–H groups in total. The van der Waals surface area contributed by atoms with Crippen molar-refractivity contribution in [2.45, 2.75) is 121 Å². The Balaban J connectivity index is 1.74. The number of fused-ring (bicyclic) bond motifs is 5. The second-order valence-electron chi connectivity index (χ2n) is 13.3. The summed E-state index contributed by atoms with van der Waals surface area (Å²) in [5, 5.41) is 67.1. The lowest BCUT2D eigenvalue weighted by atomic mass is 9.45. The summed E-state index contributed by atoms with van der Waals surface area (Å²) in [5.74, 6) is -0.378. The maximum absolute atomic E-state index is 13.3. The average molecular weight is 493 g/mol. The van der Waals surface area contributed by atoms with Crippen LogP contribution in [0.25, 0.3) is 0 Å². The first kappa shape index (κ1) is 27.0. The van der Waals surface area contributed by atoms with Gasteiger partial charge < -0.3 is 30.6 Å². The summed E-state index contributed by atoms with van der Waals surface area (Å²) in [7, 11) is 0. The van der Waals surface area contributed by atoms with E-state index in [1.807, 2.05) is 0 Å². The molecule has 0 aromatic carbocycles. The Labute approximate surface area is 208 Å². The monoisotopic (exact) mass is 492 g/mol. The molecule has 0 aliphatic heterocycles. The van der Waals surface area contributed by atoms with Crippen LogP contribution in [0, 0.1) is 22.7 Å². The second kappa shape index (κ2) is 7.71. The van der Waals surface area contributed by atoms with Gasteiger partial charge in [-0.2, -0.15) is 0 Å². The molecule has 4 aliphatic rings. The number of hydrogen-bond acceptors (Lipinski definition) is 7. The van der Waals surface area contributed by atoms with Crippen LogP contribution in [0.5, 0.6) is 0 Å². The van der Waals surface area contributed by atoms with Gasteiger partial charge in [0.2, 0.25) is 0 Å². The molecular formula is C28H44O7.